The second-order valence-corrected chi connectivity index (χ2v) is 8.45. The van der Waals surface area contributed by atoms with E-state index in [9.17, 15) is 4.79 Å². The van der Waals surface area contributed by atoms with Gasteiger partial charge in [-0.2, -0.15) is 0 Å². The highest BCUT2D eigenvalue weighted by atomic mass is 32.1. The van der Waals surface area contributed by atoms with Crippen LogP contribution in [0.2, 0.25) is 0 Å². The minimum Gasteiger partial charge on any atom is -0.462 e. The Bertz CT molecular complexity index is 1010. The average Bonchev–Trinajstić information content (AvgIpc) is 3.05. The topological polar surface area (TPSA) is 59.8 Å². The van der Waals surface area contributed by atoms with Crippen LogP contribution in [-0.2, 0) is 11.3 Å². The van der Waals surface area contributed by atoms with Crippen LogP contribution >= 0.6 is 11.3 Å². The first-order valence-electron chi connectivity index (χ1n) is 10.1. The van der Waals surface area contributed by atoms with Gasteiger partial charge in [-0.15, -0.1) is 11.3 Å². The number of nitrogens with one attached hydrogen (secondary N) is 1. The van der Waals surface area contributed by atoms with Crippen molar-refractivity contribution in [2.45, 2.75) is 27.3 Å². The lowest BCUT2D eigenvalue weighted by Gasteiger charge is -2.33. The van der Waals surface area contributed by atoms with Crippen molar-refractivity contribution >= 4 is 33.3 Å². The van der Waals surface area contributed by atoms with Crippen molar-refractivity contribution in [3.8, 4) is 0 Å². The molecule has 1 saturated heterocycles. The number of carbonyl (C=O) groups is 1. The minimum atomic E-state index is -0.270. The molecule has 0 saturated carbocycles. The Kier molecular flexibility index (Phi) is 5.78. The molecule has 3 heterocycles. The molecule has 1 aliphatic heterocycles. The molecule has 0 radical (unpaired) electrons. The molecule has 0 bridgehead atoms. The van der Waals surface area contributed by atoms with Crippen molar-refractivity contribution in [2.75, 3.05) is 37.7 Å². The van der Waals surface area contributed by atoms with E-state index in [4.69, 9.17) is 9.72 Å². The van der Waals surface area contributed by atoms with E-state index in [2.05, 4.69) is 40.2 Å². The van der Waals surface area contributed by atoms with Crippen LogP contribution in [0.5, 0.6) is 0 Å². The Hall–Kier alpha value is -2.51. The summed E-state index contributed by atoms with van der Waals surface area (Å²) in [6.07, 6.45) is 0. The highest BCUT2D eigenvalue weighted by molar-refractivity contribution is 7.20. The van der Waals surface area contributed by atoms with Crippen molar-refractivity contribution < 1.29 is 14.4 Å². The maximum absolute atomic E-state index is 12.3. The largest absolute Gasteiger partial charge is 0.462 e. The maximum Gasteiger partial charge on any atom is 0.348 e. The molecule has 0 aliphatic carbocycles. The lowest BCUT2D eigenvalue weighted by atomic mass is 10.1. The Balaban J connectivity index is 1.57. The van der Waals surface area contributed by atoms with Crippen molar-refractivity contribution in [1.82, 2.24) is 9.97 Å². The van der Waals surface area contributed by atoms with Gasteiger partial charge < -0.3 is 14.5 Å². The van der Waals surface area contributed by atoms with Crippen LogP contribution in [0.3, 0.4) is 0 Å². The molecule has 2 aromatic heterocycles. The SMILES string of the molecule is CCOC(=O)c1sc2nc(C)nc(N3CC[NH+](Cc4ccccc4)CC3)c2c1C. The van der Waals surface area contributed by atoms with Gasteiger partial charge in [0.15, 0.2) is 0 Å². The van der Waals surface area contributed by atoms with E-state index in [1.807, 2.05) is 20.8 Å². The summed E-state index contributed by atoms with van der Waals surface area (Å²) < 4.78 is 5.23. The monoisotopic (exact) mass is 411 g/mol. The molecule has 0 spiro atoms. The Labute approximate surface area is 175 Å². The summed E-state index contributed by atoms with van der Waals surface area (Å²) in [5.41, 5.74) is 2.31. The number of carbonyl (C=O) groups excluding carboxylic acids is 1. The van der Waals surface area contributed by atoms with Gasteiger partial charge in [-0.05, 0) is 26.3 Å². The average molecular weight is 412 g/mol. The van der Waals surface area contributed by atoms with Crippen molar-refractivity contribution in [3.05, 3.63) is 52.2 Å². The second-order valence-electron chi connectivity index (χ2n) is 7.45. The summed E-state index contributed by atoms with van der Waals surface area (Å²) in [6.45, 7) is 11.2. The fraction of sp³-hybridized carbons (Fsp3) is 0.409. The van der Waals surface area contributed by atoms with E-state index in [0.717, 1.165) is 60.1 Å². The molecule has 3 aromatic rings. The van der Waals surface area contributed by atoms with E-state index < -0.39 is 0 Å². The van der Waals surface area contributed by atoms with Gasteiger partial charge in [-0.3, -0.25) is 0 Å². The maximum atomic E-state index is 12.3. The highest BCUT2D eigenvalue weighted by Crippen LogP contribution is 2.35. The Morgan fingerprint density at radius 2 is 1.90 bits per heavy atom. The number of hydrogen-bond acceptors (Lipinski definition) is 6. The Morgan fingerprint density at radius 3 is 2.59 bits per heavy atom. The lowest BCUT2D eigenvalue weighted by molar-refractivity contribution is -0.914. The molecule has 4 rings (SSSR count). The number of thiophene rings is 1. The van der Waals surface area contributed by atoms with Gasteiger partial charge in [0, 0.05) is 5.56 Å². The normalized spacial score (nSPS) is 15.1. The summed E-state index contributed by atoms with van der Waals surface area (Å²) in [5.74, 6) is 1.42. The van der Waals surface area contributed by atoms with E-state index in [0.29, 0.717) is 11.5 Å². The number of esters is 1. The number of aryl methyl sites for hydroxylation is 2. The number of rotatable bonds is 5. The predicted molar refractivity (Wildman–Crippen MR) is 116 cm³/mol. The molecule has 0 atom stereocenters. The zero-order valence-electron chi connectivity index (χ0n) is 17.2. The van der Waals surface area contributed by atoms with Gasteiger partial charge in [-0.1, -0.05) is 30.3 Å². The number of fused-ring (bicyclic) bond motifs is 1. The van der Waals surface area contributed by atoms with E-state index >= 15 is 0 Å². The quantitative estimate of drug-likeness (QED) is 0.654. The number of anilines is 1. The summed E-state index contributed by atoms with van der Waals surface area (Å²) in [7, 11) is 0. The fourth-order valence-corrected chi connectivity index (χ4v) is 5.05. The zero-order valence-corrected chi connectivity index (χ0v) is 18.0. The molecule has 1 aliphatic rings. The number of nitrogens with zero attached hydrogens (tertiary/aromatic N) is 3. The molecule has 0 unspecified atom stereocenters. The third-order valence-electron chi connectivity index (χ3n) is 5.41. The first kappa shape index (κ1) is 19.8. The van der Waals surface area contributed by atoms with Crippen LogP contribution in [0.4, 0.5) is 5.82 Å². The molecule has 29 heavy (non-hydrogen) atoms. The summed E-state index contributed by atoms with van der Waals surface area (Å²) in [6, 6.07) is 10.7. The van der Waals surface area contributed by atoms with E-state index in [1.165, 1.54) is 16.9 Å². The van der Waals surface area contributed by atoms with Crippen LogP contribution < -0.4 is 9.80 Å². The predicted octanol–water partition coefficient (Wildman–Crippen LogP) is 2.39. The van der Waals surface area contributed by atoms with E-state index in [1.54, 1.807) is 4.90 Å². The molecular weight excluding hydrogens is 384 g/mol. The molecule has 0 amide bonds. The fourth-order valence-electron chi connectivity index (χ4n) is 3.94. The third-order valence-corrected chi connectivity index (χ3v) is 6.58. The molecule has 1 N–H and O–H groups in total. The first-order chi connectivity index (χ1) is 14.1. The van der Waals surface area contributed by atoms with Gasteiger partial charge in [0.2, 0.25) is 0 Å². The lowest BCUT2D eigenvalue weighted by Crippen LogP contribution is -3.13. The number of hydrogen-bond donors (Lipinski definition) is 1. The van der Waals surface area contributed by atoms with Crippen molar-refractivity contribution in [2.24, 2.45) is 0 Å². The molecule has 1 fully saturated rings. The number of ether oxygens (including phenoxy) is 1. The molecule has 152 valence electrons. The molecule has 1 aromatic carbocycles. The smallest absolute Gasteiger partial charge is 0.348 e. The highest BCUT2D eigenvalue weighted by Gasteiger charge is 2.27. The van der Waals surface area contributed by atoms with Gasteiger partial charge >= 0.3 is 5.97 Å². The standard InChI is InChI=1S/C22H26N4O2S/c1-4-28-22(27)19-15(2)18-20(23-16(3)24-21(18)29-19)26-12-10-25(11-13-26)14-17-8-6-5-7-9-17/h5-9H,4,10-14H2,1-3H3/p+1. The molecule has 7 heteroatoms. The third kappa shape index (κ3) is 4.11. The van der Waals surface area contributed by atoms with Crippen LogP contribution in [0, 0.1) is 13.8 Å². The summed E-state index contributed by atoms with van der Waals surface area (Å²) in [4.78, 5) is 27.2. The van der Waals surface area contributed by atoms with Crippen LogP contribution in [0.1, 0.15) is 33.5 Å². The van der Waals surface area contributed by atoms with Gasteiger partial charge in [0.1, 0.15) is 27.9 Å². The minimum absolute atomic E-state index is 0.270. The molecule has 6 nitrogen and oxygen atoms in total. The van der Waals surface area contributed by atoms with Gasteiger partial charge in [0.05, 0.1) is 38.2 Å². The number of benzene rings is 1. The number of piperazine rings is 1. The number of aromatic nitrogens is 2. The zero-order chi connectivity index (χ0) is 20.4. The summed E-state index contributed by atoms with van der Waals surface area (Å²) >= 11 is 1.41. The van der Waals surface area contributed by atoms with E-state index in [-0.39, 0.29) is 5.97 Å². The molecular formula is C22H27N4O2S+. The van der Waals surface area contributed by atoms with Crippen LogP contribution in [0.25, 0.3) is 10.2 Å². The van der Waals surface area contributed by atoms with Crippen molar-refractivity contribution in [1.29, 1.82) is 0 Å². The van der Waals surface area contributed by atoms with Crippen molar-refractivity contribution in [3.63, 3.8) is 0 Å². The van der Waals surface area contributed by atoms with Gasteiger partial charge in [-0.25, -0.2) is 14.8 Å². The summed E-state index contributed by atoms with van der Waals surface area (Å²) in [5, 5.41) is 0.996. The second kappa shape index (κ2) is 8.47. The van der Waals surface area contributed by atoms with Gasteiger partial charge in [0.25, 0.3) is 0 Å². The van der Waals surface area contributed by atoms with Crippen LogP contribution in [0.15, 0.2) is 30.3 Å². The number of quaternary nitrogens is 1. The first-order valence-corrected chi connectivity index (χ1v) is 11.0. The Morgan fingerprint density at radius 1 is 1.17 bits per heavy atom. The van der Waals surface area contributed by atoms with Crippen LogP contribution in [-0.4, -0.2) is 48.7 Å².